The summed E-state index contributed by atoms with van der Waals surface area (Å²) in [6.07, 6.45) is 8.36. The van der Waals surface area contributed by atoms with Crippen molar-refractivity contribution in [3.63, 3.8) is 0 Å². The number of thiazole rings is 1. The first-order chi connectivity index (χ1) is 12.7. The van der Waals surface area contributed by atoms with E-state index in [2.05, 4.69) is 41.4 Å². The van der Waals surface area contributed by atoms with Crippen molar-refractivity contribution >= 4 is 22.4 Å². The Morgan fingerprint density at radius 2 is 1.77 bits per heavy atom. The number of hydrogen-bond acceptors (Lipinski definition) is 4. The first kappa shape index (κ1) is 17.5. The van der Waals surface area contributed by atoms with Crippen LogP contribution in [0.4, 0.5) is 5.13 Å². The summed E-state index contributed by atoms with van der Waals surface area (Å²) in [5, 5.41) is 4.27. The highest BCUT2D eigenvalue weighted by Gasteiger charge is 2.25. The van der Waals surface area contributed by atoms with E-state index in [1.165, 1.54) is 37.7 Å². The summed E-state index contributed by atoms with van der Waals surface area (Å²) in [6.45, 7) is 4.17. The van der Waals surface area contributed by atoms with Crippen LogP contribution in [0, 0.1) is 6.92 Å². The minimum absolute atomic E-state index is 0.0513. The van der Waals surface area contributed by atoms with Crippen molar-refractivity contribution in [2.24, 2.45) is 0 Å². The average Bonchev–Trinajstić information content (AvgIpc) is 3.33. The number of anilines is 1. The molecule has 1 aromatic heterocycles. The van der Waals surface area contributed by atoms with E-state index < -0.39 is 0 Å². The lowest BCUT2D eigenvalue weighted by Gasteiger charge is -2.22. The van der Waals surface area contributed by atoms with Crippen molar-refractivity contribution in [3.8, 4) is 11.3 Å². The normalized spacial score (nSPS) is 18.3. The van der Waals surface area contributed by atoms with Crippen LogP contribution in [0.2, 0.25) is 0 Å². The second-order valence-electron chi connectivity index (χ2n) is 7.54. The molecule has 0 spiro atoms. The van der Waals surface area contributed by atoms with Crippen LogP contribution in [0.5, 0.6) is 0 Å². The first-order valence-corrected chi connectivity index (χ1v) is 10.7. The van der Waals surface area contributed by atoms with E-state index >= 15 is 0 Å². The molecule has 1 amide bonds. The van der Waals surface area contributed by atoms with E-state index in [1.54, 1.807) is 11.3 Å². The number of hydrogen-bond donors (Lipinski definition) is 1. The Balaban J connectivity index is 1.64. The maximum absolute atomic E-state index is 13.0. The second-order valence-corrected chi connectivity index (χ2v) is 8.52. The third-order valence-electron chi connectivity index (χ3n) is 5.46. The van der Waals surface area contributed by atoms with E-state index in [1.807, 2.05) is 0 Å². The molecule has 1 N–H and O–H groups in total. The molecule has 1 aliphatic heterocycles. The van der Waals surface area contributed by atoms with Crippen LogP contribution in [-0.2, 0) is 0 Å². The van der Waals surface area contributed by atoms with E-state index in [9.17, 15) is 4.79 Å². The molecule has 5 heteroatoms. The van der Waals surface area contributed by atoms with E-state index in [0.717, 1.165) is 47.2 Å². The van der Waals surface area contributed by atoms with Crippen LogP contribution in [-0.4, -0.2) is 30.0 Å². The zero-order valence-electron chi connectivity index (χ0n) is 15.5. The quantitative estimate of drug-likeness (QED) is 0.843. The lowest BCUT2D eigenvalue weighted by atomic mass is 9.95. The van der Waals surface area contributed by atoms with E-state index in [4.69, 9.17) is 4.98 Å². The monoisotopic (exact) mass is 369 g/mol. The first-order valence-electron chi connectivity index (χ1n) is 9.84. The fourth-order valence-electron chi connectivity index (χ4n) is 3.91. The predicted octanol–water partition coefficient (Wildman–Crippen LogP) is 4.78. The van der Waals surface area contributed by atoms with E-state index in [0.29, 0.717) is 6.04 Å². The van der Waals surface area contributed by atoms with Gasteiger partial charge in [-0.05, 0) is 32.6 Å². The van der Waals surface area contributed by atoms with Crippen molar-refractivity contribution in [1.29, 1.82) is 0 Å². The third kappa shape index (κ3) is 3.78. The Morgan fingerprint density at radius 3 is 2.46 bits per heavy atom. The van der Waals surface area contributed by atoms with Crippen LogP contribution in [0.1, 0.15) is 60.2 Å². The molecular weight excluding hydrogens is 342 g/mol. The van der Waals surface area contributed by atoms with Gasteiger partial charge in [-0.25, -0.2) is 4.98 Å². The van der Waals surface area contributed by atoms with Gasteiger partial charge in [0, 0.05) is 24.7 Å². The van der Waals surface area contributed by atoms with Crippen LogP contribution >= 0.6 is 11.3 Å². The van der Waals surface area contributed by atoms with Crippen molar-refractivity contribution in [3.05, 3.63) is 34.7 Å². The average molecular weight is 370 g/mol. The van der Waals surface area contributed by atoms with Gasteiger partial charge in [-0.15, -0.1) is 0 Å². The third-order valence-corrected chi connectivity index (χ3v) is 6.58. The second kappa shape index (κ2) is 7.78. The van der Waals surface area contributed by atoms with Gasteiger partial charge in [-0.2, -0.15) is 0 Å². The van der Waals surface area contributed by atoms with Gasteiger partial charge in [-0.3, -0.25) is 4.79 Å². The number of aromatic nitrogens is 1. The number of nitrogens with one attached hydrogen (secondary N) is 1. The standard InChI is InChI=1S/C21H27N3OS/c1-15-9-11-16(12-10-15)18-19(20(25)22-17-7-3-2-4-8-17)26-21(23-18)24-13-5-6-14-24/h9-12,17H,2-8,13-14H2,1H3,(H,22,25). The molecular formula is C21H27N3OS. The molecule has 0 atom stereocenters. The fraction of sp³-hybridized carbons (Fsp3) is 0.524. The number of amides is 1. The van der Waals surface area contributed by atoms with Crippen molar-refractivity contribution in [1.82, 2.24) is 10.3 Å². The maximum Gasteiger partial charge on any atom is 0.263 e. The van der Waals surface area contributed by atoms with Gasteiger partial charge in [-0.1, -0.05) is 60.4 Å². The summed E-state index contributed by atoms with van der Waals surface area (Å²) in [5.41, 5.74) is 3.09. The molecule has 0 radical (unpaired) electrons. The zero-order chi connectivity index (χ0) is 17.9. The molecule has 4 nitrogen and oxygen atoms in total. The van der Waals surface area contributed by atoms with Crippen LogP contribution in [0.15, 0.2) is 24.3 Å². The highest BCUT2D eigenvalue weighted by Crippen LogP contribution is 2.35. The molecule has 138 valence electrons. The number of rotatable bonds is 4. The molecule has 4 rings (SSSR count). The van der Waals surface area contributed by atoms with E-state index in [-0.39, 0.29) is 5.91 Å². The summed E-state index contributed by atoms with van der Waals surface area (Å²) in [6, 6.07) is 8.66. The van der Waals surface area contributed by atoms with Crippen LogP contribution in [0.25, 0.3) is 11.3 Å². The summed E-state index contributed by atoms with van der Waals surface area (Å²) in [7, 11) is 0. The minimum Gasteiger partial charge on any atom is -0.349 e. The Labute approximate surface area is 159 Å². The topological polar surface area (TPSA) is 45.2 Å². The smallest absolute Gasteiger partial charge is 0.263 e. The Morgan fingerprint density at radius 1 is 1.08 bits per heavy atom. The summed E-state index contributed by atoms with van der Waals surface area (Å²) < 4.78 is 0. The number of aryl methyl sites for hydroxylation is 1. The van der Waals surface area contributed by atoms with Crippen LogP contribution in [0.3, 0.4) is 0 Å². The van der Waals surface area contributed by atoms with Crippen molar-refractivity contribution in [2.75, 3.05) is 18.0 Å². The van der Waals surface area contributed by atoms with Gasteiger partial charge in [0.2, 0.25) is 0 Å². The summed E-state index contributed by atoms with van der Waals surface area (Å²) >= 11 is 1.56. The number of nitrogens with zero attached hydrogens (tertiary/aromatic N) is 2. The molecule has 2 fully saturated rings. The van der Waals surface area contributed by atoms with Crippen molar-refractivity contribution < 1.29 is 4.79 Å². The molecule has 2 heterocycles. The van der Waals surface area contributed by atoms with Gasteiger partial charge < -0.3 is 10.2 Å². The lowest BCUT2D eigenvalue weighted by Crippen LogP contribution is -2.36. The number of benzene rings is 1. The molecule has 26 heavy (non-hydrogen) atoms. The molecule has 2 aromatic rings. The Kier molecular flexibility index (Phi) is 5.25. The minimum atomic E-state index is 0.0513. The largest absolute Gasteiger partial charge is 0.349 e. The van der Waals surface area contributed by atoms with Gasteiger partial charge in [0.05, 0.1) is 5.69 Å². The molecule has 0 unspecified atom stereocenters. The molecule has 0 bridgehead atoms. The molecule has 1 aliphatic carbocycles. The van der Waals surface area contributed by atoms with Gasteiger partial charge >= 0.3 is 0 Å². The Hall–Kier alpha value is -1.88. The lowest BCUT2D eigenvalue weighted by molar-refractivity contribution is 0.0932. The maximum atomic E-state index is 13.0. The highest BCUT2D eigenvalue weighted by atomic mass is 32.1. The molecule has 1 saturated carbocycles. The molecule has 2 aliphatic rings. The van der Waals surface area contributed by atoms with Gasteiger partial charge in [0.25, 0.3) is 5.91 Å². The SMILES string of the molecule is Cc1ccc(-c2nc(N3CCCC3)sc2C(=O)NC2CCCCC2)cc1. The van der Waals surface area contributed by atoms with Gasteiger partial charge in [0.1, 0.15) is 4.88 Å². The summed E-state index contributed by atoms with van der Waals surface area (Å²) in [4.78, 5) is 21.0. The highest BCUT2D eigenvalue weighted by molar-refractivity contribution is 7.18. The van der Waals surface area contributed by atoms with Gasteiger partial charge in [0.15, 0.2) is 5.13 Å². The molecule has 1 saturated heterocycles. The van der Waals surface area contributed by atoms with Crippen molar-refractivity contribution in [2.45, 2.75) is 57.9 Å². The fourth-order valence-corrected chi connectivity index (χ4v) is 4.95. The van der Waals surface area contributed by atoms with Crippen LogP contribution < -0.4 is 10.2 Å². The Bertz CT molecular complexity index is 756. The number of carbonyl (C=O) groups excluding carboxylic acids is 1. The summed E-state index contributed by atoms with van der Waals surface area (Å²) in [5.74, 6) is 0.0513. The molecule has 1 aromatic carbocycles. The predicted molar refractivity (Wildman–Crippen MR) is 108 cm³/mol. The zero-order valence-corrected chi connectivity index (χ0v) is 16.3. The number of carbonyl (C=O) groups is 1.